The molecule has 1 aromatic rings. The Kier molecular flexibility index (Phi) is 5.89. The van der Waals surface area contributed by atoms with Crippen LogP contribution in [0.2, 0.25) is 0 Å². The minimum atomic E-state index is -0.239. The molecule has 5 nitrogen and oxygen atoms in total. The lowest BCUT2D eigenvalue weighted by atomic mass is 10.2. The number of halogens is 1. The molecular weight excluding hydrogens is 298 g/mol. The molecule has 18 heavy (non-hydrogen) atoms. The summed E-state index contributed by atoms with van der Waals surface area (Å²) in [5.74, 6) is 2.38. The van der Waals surface area contributed by atoms with E-state index in [1.165, 1.54) is 4.68 Å². The molecule has 0 spiro atoms. The van der Waals surface area contributed by atoms with Crippen molar-refractivity contribution in [3.8, 4) is 12.3 Å². The minimum absolute atomic E-state index is 0.164. The Balaban J connectivity index is 2.83. The van der Waals surface area contributed by atoms with E-state index in [9.17, 15) is 4.79 Å². The van der Waals surface area contributed by atoms with Gasteiger partial charge in [-0.3, -0.25) is 4.79 Å². The van der Waals surface area contributed by atoms with Gasteiger partial charge in [0.15, 0.2) is 0 Å². The molecule has 1 aromatic heterocycles. The van der Waals surface area contributed by atoms with Crippen LogP contribution >= 0.6 is 15.9 Å². The number of rotatable bonds is 6. The van der Waals surface area contributed by atoms with E-state index in [0.29, 0.717) is 16.8 Å². The summed E-state index contributed by atoms with van der Waals surface area (Å²) in [6.07, 6.45) is 7.59. The van der Waals surface area contributed by atoms with E-state index in [0.717, 1.165) is 6.42 Å². The molecule has 0 aliphatic heterocycles. The summed E-state index contributed by atoms with van der Waals surface area (Å²) < 4.78 is 6.67. The number of hydrogen-bond donors (Lipinski definition) is 1. The quantitative estimate of drug-likeness (QED) is 0.808. The fraction of sp³-hybridized carbons (Fsp3) is 0.500. The largest absolute Gasteiger partial charge is 0.385 e. The first kappa shape index (κ1) is 14.7. The first-order chi connectivity index (χ1) is 8.60. The van der Waals surface area contributed by atoms with Crippen molar-refractivity contribution in [3.63, 3.8) is 0 Å². The Hall–Kier alpha value is -1.32. The Morgan fingerprint density at radius 2 is 2.44 bits per heavy atom. The molecule has 1 heterocycles. The molecule has 1 atom stereocenters. The monoisotopic (exact) mass is 313 g/mol. The molecular formula is C12H16BrN3O2. The molecule has 1 unspecified atom stereocenters. The molecule has 0 radical (unpaired) electrons. The van der Waals surface area contributed by atoms with Crippen LogP contribution in [-0.2, 0) is 11.3 Å². The first-order valence-electron chi connectivity index (χ1n) is 5.54. The van der Waals surface area contributed by atoms with Gasteiger partial charge in [0.2, 0.25) is 0 Å². The molecule has 0 fully saturated rings. The number of methoxy groups -OCH3 is 1. The molecule has 1 rings (SSSR count). The van der Waals surface area contributed by atoms with Gasteiger partial charge in [-0.1, -0.05) is 5.92 Å². The number of hydrogen-bond acceptors (Lipinski definition) is 4. The number of nitrogens with one attached hydrogen (secondary N) is 1. The highest BCUT2D eigenvalue weighted by atomic mass is 79.9. The van der Waals surface area contributed by atoms with Crippen LogP contribution in [0.4, 0.5) is 5.69 Å². The maximum Gasteiger partial charge on any atom is 0.284 e. The van der Waals surface area contributed by atoms with Crippen molar-refractivity contribution in [2.75, 3.05) is 19.0 Å². The third kappa shape index (κ3) is 3.86. The number of ether oxygens (including phenoxy) is 1. The Morgan fingerprint density at radius 3 is 3.06 bits per heavy atom. The highest BCUT2D eigenvalue weighted by Gasteiger charge is 2.10. The van der Waals surface area contributed by atoms with Gasteiger partial charge in [0, 0.05) is 19.8 Å². The van der Waals surface area contributed by atoms with Crippen molar-refractivity contribution >= 4 is 21.6 Å². The zero-order valence-electron chi connectivity index (χ0n) is 10.4. The summed E-state index contributed by atoms with van der Waals surface area (Å²) in [5, 5.41) is 7.20. The first-order valence-corrected chi connectivity index (χ1v) is 6.34. The van der Waals surface area contributed by atoms with E-state index >= 15 is 0 Å². The Bertz CT molecular complexity index is 493. The standard InChI is InChI=1S/C12H16BrN3O2/c1-4-6-16-12(17)11(13)10(8-14-16)15-9(2)5-7-18-3/h1,8-9,15H,5-7H2,2-3H3. The second kappa shape index (κ2) is 7.19. The molecule has 0 amide bonds. The molecule has 0 saturated heterocycles. The van der Waals surface area contributed by atoms with Crippen LogP contribution in [-0.4, -0.2) is 29.5 Å². The normalized spacial score (nSPS) is 11.9. The minimum Gasteiger partial charge on any atom is -0.385 e. The van der Waals surface area contributed by atoms with Crippen LogP contribution in [0.3, 0.4) is 0 Å². The van der Waals surface area contributed by atoms with Gasteiger partial charge in [0.25, 0.3) is 5.56 Å². The predicted octanol–water partition coefficient (Wildman–Crippen LogP) is 1.48. The molecule has 98 valence electrons. The number of aromatic nitrogens is 2. The van der Waals surface area contributed by atoms with Crippen molar-refractivity contribution in [3.05, 3.63) is 21.0 Å². The highest BCUT2D eigenvalue weighted by Crippen LogP contribution is 2.17. The Morgan fingerprint density at radius 1 is 1.72 bits per heavy atom. The predicted molar refractivity (Wildman–Crippen MR) is 74.6 cm³/mol. The average molecular weight is 314 g/mol. The van der Waals surface area contributed by atoms with E-state index in [1.54, 1.807) is 13.3 Å². The van der Waals surface area contributed by atoms with E-state index in [-0.39, 0.29) is 18.1 Å². The van der Waals surface area contributed by atoms with Crippen LogP contribution in [0.25, 0.3) is 0 Å². The fourth-order valence-corrected chi connectivity index (χ4v) is 1.82. The SMILES string of the molecule is C#CCn1ncc(NC(C)CCOC)c(Br)c1=O. The summed E-state index contributed by atoms with van der Waals surface area (Å²) in [5.41, 5.74) is 0.425. The molecule has 0 bridgehead atoms. The van der Waals surface area contributed by atoms with E-state index in [4.69, 9.17) is 11.2 Å². The average Bonchev–Trinajstić information content (AvgIpc) is 2.36. The van der Waals surface area contributed by atoms with Gasteiger partial charge in [0.05, 0.1) is 11.9 Å². The molecule has 0 aliphatic rings. The van der Waals surface area contributed by atoms with Crippen molar-refractivity contribution < 1.29 is 4.74 Å². The topological polar surface area (TPSA) is 56.1 Å². The molecule has 0 saturated carbocycles. The summed E-state index contributed by atoms with van der Waals surface area (Å²) in [7, 11) is 1.66. The number of anilines is 1. The van der Waals surface area contributed by atoms with E-state index in [1.807, 2.05) is 6.92 Å². The maximum atomic E-state index is 11.9. The van der Waals surface area contributed by atoms with Crippen molar-refractivity contribution in [2.45, 2.75) is 25.9 Å². The smallest absolute Gasteiger partial charge is 0.284 e. The van der Waals surface area contributed by atoms with Gasteiger partial charge in [-0.05, 0) is 29.3 Å². The second-order valence-electron chi connectivity index (χ2n) is 3.87. The number of nitrogens with zero attached hydrogens (tertiary/aromatic N) is 2. The van der Waals surface area contributed by atoms with Crippen molar-refractivity contribution in [1.82, 2.24) is 9.78 Å². The second-order valence-corrected chi connectivity index (χ2v) is 4.66. The zero-order valence-corrected chi connectivity index (χ0v) is 12.0. The highest BCUT2D eigenvalue weighted by molar-refractivity contribution is 9.10. The zero-order chi connectivity index (χ0) is 13.5. The van der Waals surface area contributed by atoms with Crippen LogP contribution in [0, 0.1) is 12.3 Å². The van der Waals surface area contributed by atoms with Crippen molar-refractivity contribution in [1.29, 1.82) is 0 Å². The molecule has 0 aliphatic carbocycles. The van der Waals surface area contributed by atoms with Gasteiger partial charge < -0.3 is 10.1 Å². The Labute approximate surface area is 115 Å². The van der Waals surface area contributed by atoms with Crippen LogP contribution in [0.15, 0.2) is 15.5 Å². The maximum absolute atomic E-state index is 11.9. The van der Waals surface area contributed by atoms with Crippen LogP contribution < -0.4 is 10.9 Å². The van der Waals surface area contributed by atoms with Gasteiger partial charge in [-0.25, -0.2) is 4.68 Å². The van der Waals surface area contributed by atoms with Gasteiger partial charge >= 0.3 is 0 Å². The van der Waals surface area contributed by atoms with Gasteiger partial charge in [-0.2, -0.15) is 5.10 Å². The molecule has 0 aromatic carbocycles. The molecule has 1 N–H and O–H groups in total. The van der Waals surface area contributed by atoms with Crippen LogP contribution in [0.5, 0.6) is 0 Å². The van der Waals surface area contributed by atoms with Crippen molar-refractivity contribution in [2.24, 2.45) is 0 Å². The lowest BCUT2D eigenvalue weighted by Gasteiger charge is -2.15. The lowest BCUT2D eigenvalue weighted by Crippen LogP contribution is -2.26. The van der Waals surface area contributed by atoms with Gasteiger partial charge in [0.1, 0.15) is 11.0 Å². The number of terminal acetylenes is 1. The van der Waals surface area contributed by atoms with Crippen LogP contribution in [0.1, 0.15) is 13.3 Å². The van der Waals surface area contributed by atoms with E-state index in [2.05, 4.69) is 32.3 Å². The van der Waals surface area contributed by atoms with Gasteiger partial charge in [-0.15, -0.1) is 6.42 Å². The summed E-state index contributed by atoms with van der Waals surface area (Å²) in [4.78, 5) is 11.9. The third-order valence-corrected chi connectivity index (χ3v) is 3.15. The lowest BCUT2D eigenvalue weighted by molar-refractivity contribution is 0.191. The summed E-state index contributed by atoms with van der Waals surface area (Å²) in [6.45, 7) is 2.84. The third-order valence-electron chi connectivity index (χ3n) is 2.38. The summed E-state index contributed by atoms with van der Waals surface area (Å²) in [6, 6.07) is 0.186. The molecule has 6 heteroatoms. The van der Waals surface area contributed by atoms with E-state index < -0.39 is 0 Å². The summed E-state index contributed by atoms with van der Waals surface area (Å²) >= 11 is 3.26. The fourth-order valence-electron chi connectivity index (χ4n) is 1.40.